The summed E-state index contributed by atoms with van der Waals surface area (Å²) in [6, 6.07) is 4.10. The van der Waals surface area contributed by atoms with Gasteiger partial charge in [0.15, 0.2) is 0 Å². The minimum atomic E-state index is 0.115. The lowest BCUT2D eigenvalue weighted by atomic mass is 9.86. The minimum Gasteiger partial charge on any atom is -0.465 e. The number of hydrogen-bond acceptors (Lipinski definition) is 3. The average molecular weight is 290 g/mol. The highest BCUT2D eigenvalue weighted by molar-refractivity contribution is 5.78. The Kier molecular flexibility index (Phi) is 3.82. The van der Waals surface area contributed by atoms with Gasteiger partial charge in [-0.3, -0.25) is 9.69 Å². The first-order valence-corrected chi connectivity index (χ1v) is 8.04. The summed E-state index contributed by atoms with van der Waals surface area (Å²) >= 11 is 0. The van der Waals surface area contributed by atoms with E-state index in [1.165, 1.54) is 6.42 Å². The van der Waals surface area contributed by atoms with Gasteiger partial charge in [0.05, 0.1) is 6.54 Å². The fourth-order valence-electron chi connectivity index (χ4n) is 3.77. The molecule has 0 radical (unpaired) electrons. The number of carbonyl (C=O) groups excluding carboxylic acids is 1. The maximum absolute atomic E-state index is 12.2. The molecule has 0 aliphatic carbocycles. The summed E-state index contributed by atoms with van der Waals surface area (Å²) in [5.41, 5.74) is 0.326. The van der Waals surface area contributed by atoms with Gasteiger partial charge >= 0.3 is 0 Å². The van der Waals surface area contributed by atoms with Crippen molar-refractivity contribution >= 4 is 5.91 Å². The first kappa shape index (κ1) is 14.6. The van der Waals surface area contributed by atoms with Crippen molar-refractivity contribution in [3.05, 3.63) is 23.7 Å². The van der Waals surface area contributed by atoms with E-state index in [9.17, 15) is 4.79 Å². The molecule has 0 aromatic carbocycles. The summed E-state index contributed by atoms with van der Waals surface area (Å²) < 4.78 is 5.68. The molecule has 2 fully saturated rings. The molecule has 1 atom stereocenters. The van der Waals surface area contributed by atoms with Crippen LogP contribution in [0.5, 0.6) is 0 Å². The zero-order chi connectivity index (χ0) is 15.0. The summed E-state index contributed by atoms with van der Waals surface area (Å²) in [4.78, 5) is 16.7. The molecule has 21 heavy (non-hydrogen) atoms. The largest absolute Gasteiger partial charge is 0.465 e. The summed E-state index contributed by atoms with van der Waals surface area (Å²) in [5.74, 6) is 2.46. The van der Waals surface area contributed by atoms with Gasteiger partial charge in [-0.25, -0.2) is 0 Å². The van der Waals surface area contributed by atoms with Crippen LogP contribution in [0.1, 0.15) is 38.2 Å². The zero-order valence-corrected chi connectivity index (χ0v) is 13.4. The maximum Gasteiger partial charge on any atom is 0.225 e. The molecule has 4 heteroatoms. The molecule has 4 nitrogen and oxygen atoms in total. The summed E-state index contributed by atoms with van der Waals surface area (Å²) in [6.45, 7) is 11.0. The van der Waals surface area contributed by atoms with Crippen molar-refractivity contribution in [2.75, 3.05) is 26.2 Å². The number of aryl methyl sites for hydroxylation is 1. The molecule has 0 N–H and O–H groups in total. The molecule has 0 bridgehead atoms. The molecule has 3 heterocycles. The predicted octanol–water partition coefficient (Wildman–Crippen LogP) is 2.67. The fourth-order valence-corrected chi connectivity index (χ4v) is 3.77. The molecule has 2 aliphatic rings. The third-order valence-corrected chi connectivity index (χ3v) is 4.94. The van der Waals surface area contributed by atoms with Crippen LogP contribution < -0.4 is 0 Å². The second-order valence-electron chi connectivity index (χ2n) is 7.14. The lowest BCUT2D eigenvalue weighted by Crippen LogP contribution is -2.36. The molecule has 2 aliphatic heterocycles. The van der Waals surface area contributed by atoms with E-state index >= 15 is 0 Å². The van der Waals surface area contributed by atoms with Crippen molar-refractivity contribution in [2.45, 2.75) is 40.2 Å². The number of hydrogen-bond donors (Lipinski definition) is 0. The Morgan fingerprint density at radius 2 is 2.05 bits per heavy atom. The van der Waals surface area contributed by atoms with Gasteiger partial charge in [0.2, 0.25) is 5.91 Å². The monoisotopic (exact) mass is 290 g/mol. The average Bonchev–Trinajstić information content (AvgIpc) is 3.13. The summed E-state index contributed by atoms with van der Waals surface area (Å²) in [6.07, 6.45) is 2.35. The minimum absolute atomic E-state index is 0.115. The molecule has 2 saturated heterocycles. The number of likely N-dealkylation sites (tertiary alicyclic amines) is 2. The highest BCUT2D eigenvalue weighted by atomic mass is 16.3. The van der Waals surface area contributed by atoms with Crippen LogP contribution >= 0.6 is 0 Å². The Labute approximate surface area is 127 Å². The van der Waals surface area contributed by atoms with Crippen molar-refractivity contribution < 1.29 is 9.21 Å². The van der Waals surface area contributed by atoms with Crippen LogP contribution in [-0.4, -0.2) is 41.9 Å². The number of amides is 1. The number of furan rings is 1. The quantitative estimate of drug-likeness (QED) is 0.859. The molecule has 0 saturated carbocycles. The van der Waals surface area contributed by atoms with Crippen molar-refractivity contribution in [3.63, 3.8) is 0 Å². The maximum atomic E-state index is 12.2. The van der Waals surface area contributed by atoms with E-state index in [1.54, 1.807) is 0 Å². The van der Waals surface area contributed by atoms with Gasteiger partial charge in [-0.2, -0.15) is 0 Å². The van der Waals surface area contributed by atoms with Crippen molar-refractivity contribution in [1.82, 2.24) is 9.80 Å². The highest BCUT2D eigenvalue weighted by Crippen LogP contribution is 2.40. The molecule has 1 spiro atoms. The zero-order valence-electron chi connectivity index (χ0n) is 13.4. The number of carbonyl (C=O) groups is 1. The second kappa shape index (κ2) is 5.48. The van der Waals surface area contributed by atoms with Gasteiger partial charge in [-0.15, -0.1) is 0 Å². The van der Waals surface area contributed by atoms with Gasteiger partial charge in [0.1, 0.15) is 11.5 Å². The van der Waals surface area contributed by atoms with Crippen LogP contribution in [0.3, 0.4) is 0 Å². The first-order chi connectivity index (χ1) is 9.97. The van der Waals surface area contributed by atoms with Crippen molar-refractivity contribution in [3.8, 4) is 0 Å². The first-order valence-electron chi connectivity index (χ1n) is 8.04. The van der Waals surface area contributed by atoms with Crippen LogP contribution in [0.2, 0.25) is 0 Å². The lowest BCUT2D eigenvalue weighted by molar-refractivity contribution is -0.133. The van der Waals surface area contributed by atoms with Crippen molar-refractivity contribution in [2.24, 2.45) is 11.3 Å². The molecule has 1 aromatic rings. The lowest BCUT2D eigenvalue weighted by Gasteiger charge is -2.25. The Hall–Kier alpha value is -1.29. The van der Waals surface area contributed by atoms with Crippen molar-refractivity contribution in [1.29, 1.82) is 0 Å². The van der Waals surface area contributed by atoms with Crippen LogP contribution in [0.4, 0.5) is 0 Å². The summed E-state index contributed by atoms with van der Waals surface area (Å²) in [7, 11) is 0. The van der Waals surface area contributed by atoms with E-state index < -0.39 is 0 Å². The van der Waals surface area contributed by atoms with E-state index in [-0.39, 0.29) is 5.92 Å². The highest BCUT2D eigenvalue weighted by Gasteiger charge is 2.44. The van der Waals surface area contributed by atoms with E-state index in [0.717, 1.165) is 50.7 Å². The number of rotatable bonds is 3. The molecule has 1 amide bonds. The topological polar surface area (TPSA) is 36.7 Å². The Balaban J connectivity index is 1.58. The molecular formula is C17H26N2O2. The van der Waals surface area contributed by atoms with Crippen LogP contribution in [0, 0.1) is 18.3 Å². The van der Waals surface area contributed by atoms with Gasteiger partial charge in [0, 0.05) is 31.0 Å². The molecule has 1 aromatic heterocycles. The fraction of sp³-hybridized carbons (Fsp3) is 0.706. The molecular weight excluding hydrogens is 264 g/mol. The SMILES string of the molecule is Cc1ccc(CN2CCC3(CCN(C(=O)C(C)C)C3)C2)o1. The van der Waals surface area contributed by atoms with Crippen LogP contribution in [-0.2, 0) is 11.3 Å². The Morgan fingerprint density at radius 1 is 1.29 bits per heavy atom. The molecule has 3 rings (SSSR count). The smallest absolute Gasteiger partial charge is 0.225 e. The van der Waals surface area contributed by atoms with Gasteiger partial charge in [-0.05, 0) is 38.4 Å². The van der Waals surface area contributed by atoms with E-state index in [1.807, 2.05) is 26.8 Å². The Bertz CT molecular complexity index is 523. The van der Waals surface area contributed by atoms with Gasteiger partial charge in [0.25, 0.3) is 0 Å². The van der Waals surface area contributed by atoms with E-state index in [0.29, 0.717) is 11.3 Å². The van der Waals surface area contributed by atoms with Crippen LogP contribution in [0.15, 0.2) is 16.5 Å². The normalized spacial score (nSPS) is 26.4. The number of nitrogens with zero attached hydrogens (tertiary/aromatic N) is 2. The van der Waals surface area contributed by atoms with E-state index in [4.69, 9.17) is 4.42 Å². The van der Waals surface area contributed by atoms with Crippen LogP contribution in [0.25, 0.3) is 0 Å². The standard InChI is InChI=1S/C17H26N2O2/c1-13(2)16(20)19-9-7-17(12-19)6-8-18(11-17)10-15-5-4-14(3)21-15/h4-5,13H,6-12H2,1-3H3. The predicted molar refractivity (Wildman–Crippen MR) is 81.8 cm³/mol. The van der Waals surface area contributed by atoms with Gasteiger partial charge in [-0.1, -0.05) is 13.8 Å². The second-order valence-corrected chi connectivity index (χ2v) is 7.14. The third kappa shape index (κ3) is 3.00. The summed E-state index contributed by atoms with van der Waals surface area (Å²) in [5, 5.41) is 0. The molecule has 1 unspecified atom stereocenters. The Morgan fingerprint density at radius 3 is 2.71 bits per heavy atom. The molecule has 116 valence electrons. The van der Waals surface area contributed by atoms with Gasteiger partial charge < -0.3 is 9.32 Å². The third-order valence-electron chi connectivity index (χ3n) is 4.94. The van der Waals surface area contributed by atoms with E-state index in [2.05, 4.69) is 15.9 Å².